The van der Waals surface area contributed by atoms with Crippen LogP contribution < -0.4 is 0 Å². The van der Waals surface area contributed by atoms with Crippen molar-refractivity contribution < 1.29 is 9.32 Å². The van der Waals surface area contributed by atoms with E-state index in [1.807, 2.05) is 13.0 Å². The Morgan fingerprint density at radius 1 is 1.23 bits per heavy atom. The number of carbonyl (C=O) groups excluding carboxylic acids is 1. The Kier molecular flexibility index (Phi) is 6.28. The highest BCUT2D eigenvalue weighted by molar-refractivity contribution is 5.92. The minimum absolute atomic E-state index is 0.160. The van der Waals surface area contributed by atoms with E-state index in [1.165, 1.54) is 18.4 Å². The number of aryl methyl sites for hydroxylation is 1. The minimum atomic E-state index is -0.160. The van der Waals surface area contributed by atoms with E-state index in [4.69, 9.17) is 4.52 Å². The van der Waals surface area contributed by atoms with Crippen LogP contribution in [0, 0.1) is 12.8 Å². The molecular formula is C23H29N5O2. The number of nitrogens with one attached hydrogen (secondary N) is 1. The number of H-pyrrole nitrogens is 1. The van der Waals surface area contributed by atoms with Crippen LogP contribution in [0.5, 0.6) is 0 Å². The summed E-state index contributed by atoms with van der Waals surface area (Å²) in [6.45, 7) is 5.15. The summed E-state index contributed by atoms with van der Waals surface area (Å²) in [6.07, 6.45) is 3.51. The molecule has 3 heterocycles. The Labute approximate surface area is 177 Å². The number of amides is 1. The Bertz CT molecular complexity index is 957. The quantitative estimate of drug-likeness (QED) is 0.649. The summed E-state index contributed by atoms with van der Waals surface area (Å²) in [6, 6.07) is 14.4. The lowest BCUT2D eigenvalue weighted by atomic mass is 9.90. The molecule has 0 saturated carbocycles. The molecule has 1 saturated heterocycles. The number of piperidine rings is 1. The first kappa shape index (κ1) is 20.3. The second kappa shape index (κ2) is 9.26. The summed E-state index contributed by atoms with van der Waals surface area (Å²) in [4.78, 5) is 16.6. The number of hydrogen-bond donors (Lipinski definition) is 1. The van der Waals surface area contributed by atoms with Gasteiger partial charge in [-0.1, -0.05) is 35.5 Å². The van der Waals surface area contributed by atoms with E-state index < -0.39 is 0 Å². The predicted molar refractivity (Wildman–Crippen MR) is 114 cm³/mol. The largest absolute Gasteiger partial charge is 0.359 e. The fourth-order valence-corrected chi connectivity index (χ4v) is 4.07. The molecule has 0 spiro atoms. The monoisotopic (exact) mass is 407 g/mol. The number of benzene rings is 1. The van der Waals surface area contributed by atoms with Gasteiger partial charge in [0.15, 0.2) is 11.5 Å². The number of aromatic amines is 1. The molecule has 3 aromatic rings. The topological polar surface area (TPSA) is 78.3 Å². The highest BCUT2D eigenvalue weighted by atomic mass is 16.5. The molecule has 1 fully saturated rings. The maximum atomic E-state index is 12.6. The SMILES string of the molecule is Cc1cc(CN(C)C(=O)c2cc(CN3CCC(Cc4ccccc4)CC3)on2)n[nH]1. The predicted octanol–water partition coefficient (Wildman–Crippen LogP) is 3.43. The average Bonchev–Trinajstić information content (AvgIpc) is 3.38. The fourth-order valence-electron chi connectivity index (χ4n) is 4.07. The van der Waals surface area contributed by atoms with Crippen LogP contribution in [0.1, 0.15) is 46.0 Å². The Hall–Kier alpha value is -2.93. The Morgan fingerprint density at radius 3 is 2.70 bits per heavy atom. The van der Waals surface area contributed by atoms with Crippen LogP contribution in [0.4, 0.5) is 0 Å². The maximum Gasteiger partial charge on any atom is 0.276 e. The van der Waals surface area contributed by atoms with E-state index in [1.54, 1.807) is 18.0 Å². The van der Waals surface area contributed by atoms with E-state index in [9.17, 15) is 4.79 Å². The van der Waals surface area contributed by atoms with Crippen molar-refractivity contribution in [3.8, 4) is 0 Å². The van der Waals surface area contributed by atoms with Crippen LogP contribution in [0.3, 0.4) is 0 Å². The summed E-state index contributed by atoms with van der Waals surface area (Å²) in [5.74, 6) is 1.31. The molecule has 1 amide bonds. The first-order chi connectivity index (χ1) is 14.6. The minimum Gasteiger partial charge on any atom is -0.359 e. The summed E-state index contributed by atoms with van der Waals surface area (Å²) >= 11 is 0. The molecule has 1 aliphatic rings. The van der Waals surface area contributed by atoms with Crippen LogP contribution in [-0.2, 0) is 19.5 Å². The smallest absolute Gasteiger partial charge is 0.276 e. The number of likely N-dealkylation sites (tertiary alicyclic amines) is 1. The second-order valence-electron chi connectivity index (χ2n) is 8.29. The third-order valence-corrected chi connectivity index (χ3v) is 5.74. The Morgan fingerprint density at radius 2 is 2.00 bits per heavy atom. The van der Waals surface area contributed by atoms with Crippen LogP contribution in [0.2, 0.25) is 0 Å². The van der Waals surface area contributed by atoms with Gasteiger partial charge < -0.3 is 9.42 Å². The van der Waals surface area contributed by atoms with Crippen LogP contribution in [0.15, 0.2) is 47.0 Å². The first-order valence-electron chi connectivity index (χ1n) is 10.5. The van der Waals surface area contributed by atoms with Crippen molar-refractivity contribution in [2.45, 2.75) is 39.3 Å². The number of carbonyl (C=O) groups is 1. The lowest BCUT2D eigenvalue weighted by molar-refractivity contribution is 0.0772. The normalized spacial score (nSPS) is 15.4. The average molecular weight is 408 g/mol. The molecule has 0 unspecified atom stereocenters. The molecule has 2 aromatic heterocycles. The van der Waals surface area contributed by atoms with E-state index in [-0.39, 0.29) is 5.91 Å². The van der Waals surface area contributed by atoms with Gasteiger partial charge in [0.2, 0.25) is 0 Å². The molecule has 0 bridgehead atoms. The molecule has 1 aromatic carbocycles. The zero-order chi connectivity index (χ0) is 20.9. The molecule has 158 valence electrons. The molecule has 7 heteroatoms. The highest BCUT2D eigenvalue weighted by Gasteiger charge is 2.22. The molecule has 1 aliphatic heterocycles. The Balaban J connectivity index is 1.26. The van der Waals surface area contributed by atoms with Crippen molar-refractivity contribution in [3.05, 3.63) is 70.9 Å². The molecule has 4 rings (SSSR count). The van der Waals surface area contributed by atoms with E-state index in [0.29, 0.717) is 18.8 Å². The number of rotatable bonds is 7. The molecule has 30 heavy (non-hydrogen) atoms. The van der Waals surface area contributed by atoms with Gasteiger partial charge in [-0.2, -0.15) is 5.10 Å². The standard InChI is InChI=1S/C23H29N5O2/c1-17-12-20(25-24-17)15-27(2)23(29)22-14-21(30-26-22)16-28-10-8-19(9-11-28)13-18-6-4-3-5-7-18/h3-7,12,14,19H,8-11,13,15-16H2,1-2H3,(H,24,25). The van der Waals surface area contributed by atoms with Gasteiger partial charge in [0.25, 0.3) is 5.91 Å². The maximum absolute atomic E-state index is 12.6. The number of hydrogen-bond acceptors (Lipinski definition) is 5. The second-order valence-corrected chi connectivity index (χ2v) is 8.29. The lowest BCUT2D eigenvalue weighted by Gasteiger charge is -2.31. The van der Waals surface area contributed by atoms with Gasteiger partial charge >= 0.3 is 0 Å². The molecule has 0 radical (unpaired) electrons. The van der Waals surface area contributed by atoms with Crippen molar-refractivity contribution in [1.82, 2.24) is 25.2 Å². The summed E-state index contributed by atoms with van der Waals surface area (Å²) in [7, 11) is 1.75. The van der Waals surface area contributed by atoms with Gasteiger partial charge in [-0.15, -0.1) is 0 Å². The van der Waals surface area contributed by atoms with Crippen molar-refractivity contribution in [2.24, 2.45) is 5.92 Å². The lowest BCUT2D eigenvalue weighted by Crippen LogP contribution is -2.33. The van der Waals surface area contributed by atoms with Crippen LogP contribution >= 0.6 is 0 Å². The summed E-state index contributed by atoms with van der Waals surface area (Å²) in [5, 5.41) is 11.1. The van der Waals surface area contributed by atoms with Crippen molar-refractivity contribution in [1.29, 1.82) is 0 Å². The van der Waals surface area contributed by atoms with E-state index >= 15 is 0 Å². The van der Waals surface area contributed by atoms with Gasteiger partial charge in [-0.05, 0) is 56.8 Å². The van der Waals surface area contributed by atoms with E-state index in [0.717, 1.165) is 42.6 Å². The zero-order valence-corrected chi connectivity index (χ0v) is 17.7. The van der Waals surface area contributed by atoms with Gasteiger partial charge in [0.05, 0.1) is 18.8 Å². The van der Waals surface area contributed by atoms with Crippen molar-refractivity contribution in [2.75, 3.05) is 20.1 Å². The fraction of sp³-hybridized carbons (Fsp3) is 0.435. The van der Waals surface area contributed by atoms with Crippen molar-refractivity contribution >= 4 is 5.91 Å². The van der Waals surface area contributed by atoms with Gasteiger partial charge in [-0.3, -0.25) is 14.8 Å². The third-order valence-electron chi connectivity index (χ3n) is 5.74. The summed E-state index contributed by atoms with van der Waals surface area (Å²) in [5.41, 5.74) is 3.56. The molecule has 1 N–H and O–H groups in total. The van der Waals surface area contributed by atoms with Crippen LogP contribution in [-0.4, -0.2) is 51.2 Å². The molecular weight excluding hydrogens is 378 g/mol. The zero-order valence-electron chi connectivity index (χ0n) is 17.7. The molecule has 7 nitrogen and oxygen atoms in total. The number of nitrogens with zero attached hydrogens (tertiary/aromatic N) is 4. The molecule has 0 aliphatic carbocycles. The first-order valence-corrected chi connectivity index (χ1v) is 10.5. The van der Waals surface area contributed by atoms with Gasteiger partial charge in [0.1, 0.15) is 0 Å². The van der Waals surface area contributed by atoms with Gasteiger partial charge in [0, 0.05) is 18.8 Å². The highest BCUT2D eigenvalue weighted by Crippen LogP contribution is 2.23. The molecule has 0 atom stereocenters. The third kappa shape index (κ3) is 5.16. The van der Waals surface area contributed by atoms with Crippen LogP contribution in [0.25, 0.3) is 0 Å². The van der Waals surface area contributed by atoms with Crippen molar-refractivity contribution in [3.63, 3.8) is 0 Å². The van der Waals surface area contributed by atoms with Gasteiger partial charge in [-0.25, -0.2) is 0 Å². The number of aromatic nitrogens is 3. The summed E-state index contributed by atoms with van der Waals surface area (Å²) < 4.78 is 5.45. The van der Waals surface area contributed by atoms with E-state index in [2.05, 4.69) is 50.6 Å².